The molecule has 1 saturated carbocycles. The molecule has 3 N–H and O–H groups in total. The molecule has 1 aromatic rings. The molecule has 32 heavy (non-hydrogen) atoms. The van der Waals surface area contributed by atoms with Gasteiger partial charge in [0.2, 0.25) is 10.0 Å². The van der Waals surface area contributed by atoms with Gasteiger partial charge in [0, 0.05) is 25.2 Å². The zero-order valence-electron chi connectivity index (χ0n) is 17.5. The van der Waals surface area contributed by atoms with Gasteiger partial charge in [-0.25, -0.2) is 34.7 Å². The molecule has 2 bridgehead atoms. The van der Waals surface area contributed by atoms with E-state index < -0.39 is 54.0 Å². The Morgan fingerprint density at radius 3 is 2.41 bits per heavy atom. The van der Waals surface area contributed by atoms with E-state index in [0.29, 0.717) is 44.8 Å². The van der Waals surface area contributed by atoms with Crippen molar-refractivity contribution in [3.8, 4) is 0 Å². The molecule has 3 aliphatic rings. The zero-order chi connectivity index (χ0) is 23.3. The smallest absolute Gasteiger partial charge is 0.214 e. The van der Waals surface area contributed by atoms with Gasteiger partial charge in [-0.05, 0) is 62.1 Å². The highest BCUT2D eigenvalue weighted by atomic mass is 32.2. The Hall–Kier alpha value is -1.21. The van der Waals surface area contributed by atoms with Gasteiger partial charge in [-0.3, -0.25) is 4.90 Å². The number of benzene rings is 1. The van der Waals surface area contributed by atoms with Crippen molar-refractivity contribution in [2.45, 2.75) is 48.8 Å². The van der Waals surface area contributed by atoms with Crippen LogP contribution in [0.2, 0.25) is 0 Å². The Morgan fingerprint density at radius 2 is 1.75 bits per heavy atom. The number of sulfonamides is 1. The number of nitrogens with one attached hydrogen (secondary N) is 1. The second-order valence-corrected chi connectivity index (χ2v) is 13.4. The molecule has 180 valence electrons. The molecule has 0 amide bonds. The number of rotatable bonds is 9. The van der Waals surface area contributed by atoms with Crippen LogP contribution < -0.4 is 10.5 Å². The van der Waals surface area contributed by atoms with E-state index in [0.717, 1.165) is 6.07 Å². The van der Waals surface area contributed by atoms with Gasteiger partial charge in [-0.15, -0.1) is 0 Å². The fourth-order valence-corrected chi connectivity index (χ4v) is 8.62. The van der Waals surface area contributed by atoms with Crippen LogP contribution in [0.4, 0.5) is 13.2 Å². The van der Waals surface area contributed by atoms with Gasteiger partial charge in [0.15, 0.2) is 21.5 Å². The molecule has 3 fully saturated rings. The SMILES string of the molecule is N[C@H](Cc1cc(F)c(F)cc1F)C1CC2CCN(C1)C2S(=O)(=O)CCNS(=O)(=O)C1CC1. The predicted octanol–water partition coefficient (Wildman–Crippen LogP) is 1.14. The molecule has 2 saturated heterocycles. The molecule has 2 aliphatic heterocycles. The highest BCUT2D eigenvalue weighted by Gasteiger charge is 2.48. The average Bonchev–Trinajstić information content (AvgIpc) is 3.52. The number of sulfone groups is 1. The summed E-state index contributed by atoms with van der Waals surface area (Å²) in [7, 11) is -7.00. The van der Waals surface area contributed by atoms with Gasteiger partial charge in [-0.1, -0.05) is 0 Å². The Bertz CT molecular complexity index is 1070. The van der Waals surface area contributed by atoms with Crippen LogP contribution in [0.5, 0.6) is 0 Å². The van der Waals surface area contributed by atoms with Gasteiger partial charge in [0.25, 0.3) is 0 Å². The quantitative estimate of drug-likeness (QED) is 0.498. The fraction of sp³-hybridized carbons (Fsp3) is 0.700. The predicted molar refractivity (Wildman–Crippen MR) is 113 cm³/mol. The van der Waals surface area contributed by atoms with Crippen LogP contribution >= 0.6 is 0 Å². The number of hydrogen-bond acceptors (Lipinski definition) is 6. The fourth-order valence-electron chi connectivity index (χ4n) is 5.01. The number of halogens is 3. The van der Waals surface area contributed by atoms with Crippen LogP contribution in [0.1, 0.15) is 31.2 Å². The maximum absolute atomic E-state index is 14.0. The number of fused-ring (bicyclic) bond motifs is 2. The minimum absolute atomic E-state index is 0.00330. The monoisotopic (exact) mass is 495 g/mol. The minimum Gasteiger partial charge on any atom is -0.327 e. The number of piperidine rings is 1. The summed E-state index contributed by atoms with van der Waals surface area (Å²) in [6.07, 6.45) is 2.45. The highest BCUT2D eigenvalue weighted by molar-refractivity contribution is 7.92. The van der Waals surface area contributed by atoms with E-state index in [9.17, 15) is 30.0 Å². The lowest BCUT2D eigenvalue weighted by atomic mass is 9.84. The average molecular weight is 496 g/mol. The molecule has 7 nitrogen and oxygen atoms in total. The largest absolute Gasteiger partial charge is 0.327 e. The number of nitrogens with two attached hydrogens (primary N) is 1. The minimum atomic E-state index is -3.57. The lowest BCUT2D eigenvalue weighted by Gasteiger charge is -2.39. The van der Waals surface area contributed by atoms with E-state index in [1.807, 2.05) is 4.90 Å². The van der Waals surface area contributed by atoms with Crippen molar-refractivity contribution in [3.63, 3.8) is 0 Å². The Balaban J connectivity index is 1.37. The molecule has 0 aromatic heterocycles. The zero-order valence-corrected chi connectivity index (χ0v) is 19.1. The number of nitrogens with zero attached hydrogens (tertiary/aromatic N) is 1. The lowest BCUT2D eigenvalue weighted by molar-refractivity contribution is 0.155. The first-order valence-corrected chi connectivity index (χ1v) is 14.1. The van der Waals surface area contributed by atoms with Crippen LogP contribution in [0.25, 0.3) is 0 Å². The van der Waals surface area contributed by atoms with Gasteiger partial charge < -0.3 is 5.73 Å². The van der Waals surface area contributed by atoms with E-state index >= 15 is 0 Å². The highest BCUT2D eigenvalue weighted by Crippen LogP contribution is 2.40. The van der Waals surface area contributed by atoms with Crippen molar-refractivity contribution in [3.05, 3.63) is 35.1 Å². The second kappa shape index (κ2) is 8.86. The van der Waals surface area contributed by atoms with E-state index in [1.165, 1.54) is 0 Å². The summed E-state index contributed by atoms with van der Waals surface area (Å²) in [5.41, 5.74) is 6.27. The molecule has 12 heteroatoms. The molecule has 0 radical (unpaired) electrons. The van der Waals surface area contributed by atoms with E-state index in [4.69, 9.17) is 5.73 Å². The topological polar surface area (TPSA) is 110 Å². The maximum atomic E-state index is 14.0. The van der Waals surface area contributed by atoms with Gasteiger partial charge in [0.05, 0.1) is 11.0 Å². The molecular formula is C20H28F3N3O4S2. The van der Waals surface area contributed by atoms with Crippen LogP contribution in [0.15, 0.2) is 12.1 Å². The Labute approximate surface area is 186 Å². The van der Waals surface area contributed by atoms with Crippen molar-refractivity contribution in [2.24, 2.45) is 17.6 Å². The van der Waals surface area contributed by atoms with Gasteiger partial charge in [0.1, 0.15) is 11.2 Å². The van der Waals surface area contributed by atoms with E-state index in [-0.39, 0.29) is 36.1 Å². The molecule has 4 unspecified atom stereocenters. The van der Waals surface area contributed by atoms with E-state index in [1.54, 1.807) is 0 Å². The molecule has 4 rings (SSSR count). The third-order valence-corrected chi connectivity index (χ3v) is 10.9. The standard InChI is InChI=1S/C20H28F3N3O4S2/c21-16-10-18(23)17(22)8-13(16)9-19(24)14-7-12-3-5-26(11-14)20(12)31(27,28)6-4-25-32(29,30)15-1-2-15/h8,10,12,14-15,19-20,25H,1-7,9,11,24H2/t12?,14?,19-,20?/m1/s1. The van der Waals surface area contributed by atoms with Crippen LogP contribution in [0, 0.1) is 29.3 Å². The summed E-state index contributed by atoms with van der Waals surface area (Å²) in [5.74, 6) is -3.78. The summed E-state index contributed by atoms with van der Waals surface area (Å²) in [5, 5.41) is -1.09. The molecular weight excluding hydrogens is 467 g/mol. The molecule has 1 aromatic carbocycles. The van der Waals surface area contributed by atoms with Crippen molar-refractivity contribution >= 4 is 19.9 Å². The van der Waals surface area contributed by atoms with Crippen LogP contribution in [-0.2, 0) is 26.3 Å². The summed E-state index contributed by atoms with van der Waals surface area (Å²) < 4.78 is 92.8. The van der Waals surface area contributed by atoms with Crippen molar-refractivity contribution in [1.82, 2.24) is 9.62 Å². The van der Waals surface area contributed by atoms with Crippen molar-refractivity contribution in [2.75, 3.05) is 25.4 Å². The molecule has 0 spiro atoms. The maximum Gasteiger partial charge on any atom is 0.214 e. The van der Waals surface area contributed by atoms with Crippen molar-refractivity contribution in [1.29, 1.82) is 0 Å². The Morgan fingerprint density at radius 1 is 1.06 bits per heavy atom. The van der Waals surface area contributed by atoms with E-state index in [2.05, 4.69) is 4.72 Å². The molecule has 1 aliphatic carbocycles. The van der Waals surface area contributed by atoms with Crippen LogP contribution in [0.3, 0.4) is 0 Å². The first-order valence-electron chi connectivity index (χ1n) is 10.8. The van der Waals surface area contributed by atoms with Crippen LogP contribution in [-0.4, -0.2) is 63.8 Å². The number of hydrogen-bond donors (Lipinski definition) is 2. The molecule has 2 heterocycles. The van der Waals surface area contributed by atoms with Gasteiger partial charge in [-0.2, -0.15) is 0 Å². The first kappa shape index (κ1) is 23.9. The summed E-state index contributed by atoms with van der Waals surface area (Å²) in [4.78, 5) is 1.85. The van der Waals surface area contributed by atoms with Crippen molar-refractivity contribution < 1.29 is 30.0 Å². The third-order valence-electron chi connectivity index (χ3n) is 6.80. The lowest BCUT2D eigenvalue weighted by Crippen LogP contribution is -2.52. The normalized spacial score (nSPS) is 29.2. The summed E-state index contributed by atoms with van der Waals surface area (Å²) in [6, 6.07) is 0.787. The second-order valence-electron chi connectivity index (χ2n) is 9.16. The molecule has 5 atom stereocenters. The summed E-state index contributed by atoms with van der Waals surface area (Å²) >= 11 is 0. The van der Waals surface area contributed by atoms with Gasteiger partial charge >= 0.3 is 0 Å². The Kier molecular flexibility index (Phi) is 6.63. The summed E-state index contributed by atoms with van der Waals surface area (Å²) in [6.45, 7) is 0.850. The third kappa shape index (κ3) is 4.98. The first-order chi connectivity index (χ1) is 15.0.